The zero-order valence-electron chi connectivity index (χ0n) is 27.2. The van der Waals surface area contributed by atoms with E-state index in [0.717, 1.165) is 89.1 Å². The largest absolute Gasteiger partial charge is 0.248 e. The third-order valence-corrected chi connectivity index (χ3v) is 9.27. The van der Waals surface area contributed by atoms with Crippen molar-refractivity contribution in [1.82, 2.24) is 15.0 Å². The second-order valence-electron chi connectivity index (χ2n) is 12.4. The summed E-state index contributed by atoms with van der Waals surface area (Å²) >= 11 is 0. The molecule has 0 spiro atoms. The van der Waals surface area contributed by atoms with E-state index in [1.165, 1.54) is 0 Å². The Balaban J connectivity index is 1.31. The minimum absolute atomic E-state index is 0.877. The highest BCUT2D eigenvalue weighted by atomic mass is 14.8. The van der Waals surface area contributed by atoms with Gasteiger partial charge < -0.3 is 0 Å². The van der Waals surface area contributed by atoms with Gasteiger partial charge in [-0.15, -0.1) is 0 Å². The topological polar surface area (TPSA) is 38.7 Å². The monoisotopic (exact) mass is 637 g/mol. The summed E-state index contributed by atoms with van der Waals surface area (Å²) in [5.41, 5.74) is 14.2. The Labute approximate surface area is 291 Å². The molecule has 0 bridgehead atoms. The van der Waals surface area contributed by atoms with Crippen LogP contribution >= 0.6 is 0 Å². The third-order valence-electron chi connectivity index (χ3n) is 9.27. The fourth-order valence-corrected chi connectivity index (χ4v) is 6.78. The second-order valence-corrected chi connectivity index (χ2v) is 12.4. The Morgan fingerprint density at radius 2 is 0.740 bits per heavy atom. The number of pyridine rings is 3. The molecule has 0 fully saturated rings. The van der Waals surface area contributed by atoms with Crippen LogP contribution in [0.2, 0.25) is 0 Å². The lowest BCUT2D eigenvalue weighted by Crippen LogP contribution is -1.96. The fraction of sp³-hybridized carbons (Fsp3) is 0. The first kappa shape index (κ1) is 29.4. The van der Waals surface area contributed by atoms with Crippen molar-refractivity contribution in [2.24, 2.45) is 0 Å². The van der Waals surface area contributed by atoms with Crippen LogP contribution in [0.1, 0.15) is 0 Å². The Morgan fingerprint density at radius 1 is 0.260 bits per heavy atom. The van der Waals surface area contributed by atoms with Gasteiger partial charge in [0.05, 0.1) is 33.8 Å². The van der Waals surface area contributed by atoms with E-state index in [9.17, 15) is 0 Å². The molecule has 0 aliphatic rings. The summed E-state index contributed by atoms with van der Waals surface area (Å²) in [6.45, 7) is 0. The van der Waals surface area contributed by atoms with Gasteiger partial charge in [-0.25, -0.2) is 15.0 Å². The smallest absolute Gasteiger partial charge is 0.0978 e. The van der Waals surface area contributed by atoms with Crippen LogP contribution in [0, 0.1) is 0 Å². The van der Waals surface area contributed by atoms with Crippen molar-refractivity contribution >= 4 is 21.8 Å². The minimum atomic E-state index is 0.877. The molecule has 0 saturated carbocycles. The standard InChI is InChI=1S/C47H31N3/c1-5-15-32(16-6-1)37-29-43(34-19-9-3-10-20-34)48-45(30-37)39-24-14-13-23-38(39)41-31-44(35-21-11-4-12-22-35)50-47-40(41)27-25-36-26-28-42(49-46(36)47)33-17-7-2-8-18-33/h1-31H. The van der Waals surface area contributed by atoms with Gasteiger partial charge in [-0.05, 0) is 46.5 Å². The molecular weight excluding hydrogens is 607 g/mol. The lowest BCUT2D eigenvalue weighted by molar-refractivity contribution is 1.32. The van der Waals surface area contributed by atoms with Gasteiger partial charge in [0.1, 0.15) is 0 Å². The first-order chi connectivity index (χ1) is 24.8. The number of fused-ring (bicyclic) bond motifs is 3. The van der Waals surface area contributed by atoms with Crippen molar-refractivity contribution in [3.8, 4) is 67.3 Å². The van der Waals surface area contributed by atoms with E-state index in [1.807, 2.05) is 18.2 Å². The zero-order valence-corrected chi connectivity index (χ0v) is 27.2. The summed E-state index contributed by atoms with van der Waals surface area (Å²) in [6, 6.07) is 65.5. The van der Waals surface area contributed by atoms with Crippen LogP contribution in [0.4, 0.5) is 0 Å². The van der Waals surface area contributed by atoms with Crippen LogP contribution in [0.25, 0.3) is 89.1 Å². The van der Waals surface area contributed by atoms with Crippen LogP contribution in [0.15, 0.2) is 188 Å². The molecule has 3 aromatic heterocycles. The molecule has 3 heteroatoms. The maximum atomic E-state index is 5.33. The summed E-state index contributed by atoms with van der Waals surface area (Å²) in [7, 11) is 0. The Hall–Kier alpha value is -6.71. The number of aromatic nitrogens is 3. The number of rotatable bonds is 6. The number of hydrogen-bond acceptors (Lipinski definition) is 3. The maximum Gasteiger partial charge on any atom is 0.0978 e. The molecule has 50 heavy (non-hydrogen) atoms. The highest BCUT2D eigenvalue weighted by molar-refractivity contribution is 6.11. The average molecular weight is 638 g/mol. The van der Waals surface area contributed by atoms with Gasteiger partial charge in [-0.3, -0.25) is 0 Å². The summed E-state index contributed by atoms with van der Waals surface area (Å²) in [5.74, 6) is 0. The van der Waals surface area contributed by atoms with Crippen LogP contribution < -0.4 is 0 Å². The second kappa shape index (κ2) is 12.7. The van der Waals surface area contributed by atoms with Crippen molar-refractivity contribution in [3.63, 3.8) is 0 Å². The SMILES string of the molecule is c1ccc(-c2cc(-c3ccccc3)nc(-c3ccccc3-c3cc(-c4ccccc4)nc4c3ccc3ccc(-c5ccccc5)nc34)c2)cc1. The Kier molecular flexibility index (Phi) is 7.49. The highest BCUT2D eigenvalue weighted by Gasteiger charge is 2.18. The van der Waals surface area contributed by atoms with Gasteiger partial charge in [-0.2, -0.15) is 0 Å². The zero-order chi connectivity index (χ0) is 33.3. The molecule has 0 aliphatic carbocycles. The van der Waals surface area contributed by atoms with Crippen molar-refractivity contribution in [3.05, 3.63) is 188 Å². The van der Waals surface area contributed by atoms with E-state index in [1.54, 1.807) is 0 Å². The quantitative estimate of drug-likeness (QED) is 0.170. The van der Waals surface area contributed by atoms with Crippen molar-refractivity contribution in [2.45, 2.75) is 0 Å². The van der Waals surface area contributed by atoms with E-state index in [4.69, 9.17) is 15.0 Å². The van der Waals surface area contributed by atoms with Gasteiger partial charge in [0.15, 0.2) is 0 Å². The first-order valence-electron chi connectivity index (χ1n) is 16.9. The van der Waals surface area contributed by atoms with Gasteiger partial charge >= 0.3 is 0 Å². The molecule has 6 aromatic carbocycles. The Morgan fingerprint density at radius 3 is 1.38 bits per heavy atom. The summed E-state index contributed by atoms with van der Waals surface area (Å²) in [5, 5.41) is 2.10. The molecule has 0 N–H and O–H groups in total. The molecule has 9 rings (SSSR count). The summed E-state index contributed by atoms with van der Waals surface area (Å²) in [6.07, 6.45) is 0. The van der Waals surface area contributed by atoms with Gasteiger partial charge in [0.2, 0.25) is 0 Å². The van der Waals surface area contributed by atoms with E-state index < -0.39 is 0 Å². The van der Waals surface area contributed by atoms with E-state index in [2.05, 4.69) is 170 Å². The lowest BCUT2D eigenvalue weighted by Gasteiger charge is -2.17. The molecule has 9 aromatic rings. The minimum Gasteiger partial charge on any atom is -0.248 e. The average Bonchev–Trinajstić information content (AvgIpc) is 3.21. The molecule has 3 heterocycles. The van der Waals surface area contributed by atoms with E-state index in [-0.39, 0.29) is 0 Å². The van der Waals surface area contributed by atoms with Crippen LogP contribution in [0.3, 0.4) is 0 Å². The predicted octanol–water partition coefficient (Wildman–Crippen LogP) is 12.2. The number of hydrogen-bond donors (Lipinski definition) is 0. The third kappa shape index (κ3) is 5.51. The van der Waals surface area contributed by atoms with E-state index >= 15 is 0 Å². The molecule has 234 valence electrons. The van der Waals surface area contributed by atoms with Crippen LogP contribution in [0.5, 0.6) is 0 Å². The molecule has 0 radical (unpaired) electrons. The van der Waals surface area contributed by atoms with Crippen LogP contribution in [-0.2, 0) is 0 Å². The highest BCUT2D eigenvalue weighted by Crippen LogP contribution is 2.41. The first-order valence-corrected chi connectivity index (χ1v) is 16.9. The van der Waals surface area contributed by atoms with E-state index in [0.29, 0.717) is 0 Å². The van der Waals surface area contributed by atoms with Crippen molar-refractivity contribution in [1.29, 1.82) is 0 Å². The molecule has 0 amide bonds. The van der Waals surface area contributed by atoms with Crippen molar-refractivity contribution in [2.75, 3.05) is 0 Å². The molecule has 0 aliphatic heterocycles. The molecule has 0 unspecified atom stereocenters. The normalized spacial score (nSPS) is 11.2. The van der Waals surface area contributed by atoms with Crippen molar-refractivity contribution < 1.29 is 0 Å². The lowest BCUT2D eigenvalue weighted by atomic mass is 9.91. The molecule has 3 nitrogen and oxygen atoms in total. The number of benzene rings is 6. The molecule has 0 atom stereocenters. The fourth-order valence-electron chi connectivity index (χ4n) is 6.78. The molecule has 0 saturated heterocycles. The Bertz CT molecular complexity index is 2560. The van der Waals surface area contributed by atoms with Gasteiger partial charge in [0, 0.05) is 33.0 Å². The van der Waals surface area contributed by atoms with Gasteiger partial charge in [0.25, 0.3) is 0 Å². The van der Waals surface area contributed by atoms with Gasteiger partial charge in [-0.1, -0.05) is 164 Å². The maximum absolute atomic E-state index is 5.33. The predicted molar refractivity (Wildman–Crippen MR) is 207 cm³/mol. The van der Waals surface area contributed by atoms with Crippen LogP contribution in [-0.4, -0.2) is 15.0 Å². The summed E-state index contributed by atoms with van der Waals surface area (Å²) < 4.78 is 0. The number of nitrogens with zero attached hydrogens (tertiary/aromatic N) is 3. The molecular formula is C47H31N3. The summed E-state index contributed by atoms with van der Waals surface area (Å²) in [4.78, 5) is 15.9.